The average Bonchev–Trinajstić information content (AvgIpc) is 3.15. The number of benzene rings is 2. The molecule has 8 nitrogen and oxygen atoms in total. The van der Waals surface area contributed by atoms with E-state index in [0.29, 0.717) is 12.4 Å². The molecule has 0 saturated heterocycles. The summed E-state index contributed by atoms with van der Waals surface area (Å²) in [6, 6.07) is 11.6. The highest BCUT2D eigenvalue weighted by atomic mass is 35.5. The number of nitro groups is 1. The Labute approximate surface area is 165 Å². The Morgan fingerprint density at radius 1 is 1.25 bits per heavy atom. The minimum absolute atomic E-state index is 0.0239. The second kappa shape index (κ2) is 8.18. The summed E-state index contributed by atoms with van der Waals surface area (Å²) >= 11 is 5.81. The fourth-order valence-electron chi connectivity index (χ4n) is 2.60. The van der Waals surface area contributed by atoms with Crippen molar-refractivity contribution in [2.75, 3.05) is 6.54 Å². The number of rotatable bonds is 6. The van der Waals surface area contributed by atoms with Crippen molar-refractivity contribution in [3.05, 3.63) is 74.6 Å². The molecule has 3 aromatic rings. The number of halogens is 1. The van der Waals surface area contributed by atoms with E-state index < -0.39 is 10.8 Å². The van der Waals surface area contributed by atoms with Gasteiger partial charge in [0.05, 0.1) is 4.92 Å². The summed E-state index contributed by atoms with van der Waals surface area (Å²) < 4.78 is 5.26. The van der Waals surface area contributed by atoms with Crippen molar-refractivity contribution < 1.29 is 14.2 Å². The van der Waals surface area contributed by atoms with Gasteiger partial charge in [0, 0.05) is 23.7 Å². The Hall–Kier alpha value is -3.26. The van der Waals surface area contributed by atoms with Crippen LogP contribution in [0.25, 0.3) is 11.4 Å². The number of aromatic nitrogens is 2. The lowest BCUT2D eigenvalue weighted by Crippen LogP contribution is -2.30. The predicted molar refractivity (Wildman–Crippen MR) is 103 cm³/mol. The van der Waals surface area contributed by atoms with Gasteiger partial charge < -0.3 is 9.42 Å². The molecule has 28 heavy (non-hydrogen) atoms. The highest BCUT2D eigenvalue weighted by Crippen LogP contribution is 2.26. The Bertz CT molecular complexity index is 1020. The van der Waals surface area contributed by atoms with E-state index in [4.69, 9.17) is 16.1 Å². The lowest BCUT2D eigenvalue weighted by molar-refractivity contribution is -0.384. The number of nitrogens with zero attached hydrogens (tertiary/aromatic N) is 4. The number of carbonyl (C=O) groups excluding carboxylic acids is 1. The zero-order valence-electron chi connectivity index (χ0n) is 15.3. The third-order valence-corrected chi connectivity index (χ3v) is 4.48. The van der Waals surface area contributed by atoms with Crippen LogP contribution in [-0.4, -0.2) is 32.4 Å². The molecule has 0 atom stereocenters. The summed E-state index contributed by atoms with van der Waals surface area (Å²) in [5, 5.41) is 15.0. The van der Waals surface area contributed by atoms with Crippen molar-refractivity contribution in [3.8, 4) is 11.4 Å². The number of hydrogen-bond donors (Lipinski definition) is 0. The van der Waals surface area contributed by atoms with Crippen LogP contribution in [0.15, 0.2) is 47.0 Å². The van der Waals surface area contributed by atoms with Crippen molar-refractivity contribution in [3.63, 3.8) is 0 Å². The van der Waals surface area contributed by atoms with Gasteiger partial charge in [0.2, 0.25) is 11.7 Å². The van der Waals surface area contributed by atoms with E-state index in [0.717, 1.165) is 11.1 Å². The molecule has 3 rings (SSSR count). The minimum Gasteiger partial charge on any atom is -0.337 e. The molecule has 0 aliphatic carbocycles. The van der Waals surface area contributed by atoms with Crippen molar-refractivity contribution in [2.45, 2.75) is 20.4 Å². The molecule has 2 aromatic carbocycles. The highest BCUT2D eigenvalue weighted by molar-refractivity contribution is 6.32. The first-order valence-electron chi connectivity index (χ1n) is 8.52. The molecule has 0 N–H and O–H groups in total. The highest BCUT2D eigenvalue weighted by Gasteiger charge is 2.22. The zero-order valence-corrected chi connectivity index (χ0v) is 16.0. The lowest BCUT2D eigenvalue weighted by Gasteiger charge is -2.18. The fourth-order valence-corrected chi connectivity index (χ4v) is 2.78. The molecule has 0 bridgehead atoms. The molecular formula is C19H17ClN4O4. The van der Waals surface area contributed by atoms with Crippen LogP contribution in [0.5, 0.6) is 0 Å². The Balaban J connectivity index is 1.79. The van der Waals surface area contributed by atoms with Crippen LogP contribution < -0.4 is 0 Å². The van der Waals surface area contributed by atoms with Gasteiger partial charge in [-0.15, -0.1) is 0 Å². The molecule has 0 aliphatic heterocycles. The summed E-state index contributed by atoms with van der Waals surface area (Å²) in [7, 11) is 0. The maximum atomic E-state index is 12.8. The normalized spacial score (nSPS) is 10.7. The lowest BCUT2D eigenvalue weighted by atomic mass is 10.1. The Morgan fingerprint density at radius 2 is 1.96 bits per heavy atom. The van der Waals surface area contributed by atoms with Crippen molar-refractivity contribution >= 4 is 23.2 Å². The maximum absolute atomic E-state index is 12.8. The molecule has 1 amide bonds. The molecule has 1 aromatic heterocycles. The van der Waals surface area contributed by atoms with Gasteiger partial charge in [0.15, 0.2) is 0 Å². The third kappa shape index (κ3) is 4.17. The molecule has 0 spiro atoms. The van der Waals surface area contributed by atoms with Crippen molar-refractivity contribution in [1.82, 2.24) is 15.0 Å². The van der Waals surface area contributed by atoms with Crippen LogP contribution in [0.3, 0.4) is 0 Å². The van der Waals surface area contributed by atoms with Gasteiger partial charge in [-0.25, -0.2) is 0 Å². The Morgan fingerprint density at radius 3 is 2.61 bits per heavy atom. The number of hydrogen-bond acceptors (Lipinski definition) is 6. The molecule has 0 fully saturated rings. The summed E-state index contributed by atoms with van der Waals surface area (Å²) in [5.74, 6) is 0.312. The molecule has 0 unspecified atom stereocenters. The van der Waals surface area contributed by atoms with Gasteiger partial charge >= 0.3 is 0 Å². The van der Waals surface area contributed by atoms with E-state index >= 15 is 0 Å². The third-order valence-electron chi connectivity index (χ3n) is 4.16. The first-order chi connectivity index (χ1) is 13.4. The van der Waals surface area contributed by atoms with Gasteiger partial charge in [0.25, 0.3) is 11.6 Å². The van der Waals surface area contributed by atoms with Crippen molar-refractivity contribution in [1.29, 1.82) is 0 Å². The molecule has 144 valence electrons. The number of aryl methyl sites for hydroxylation is 1. The molecule has 0 radical (unpaired) electrons. The van der Waals surface area contributed by atoms with E-state index in [9.17, 15) is 14.9 Å². The number of carbonyl (C=O) groups is 1. The topological polar surface area (TPSA) is 102 Å². The van der Waals surface area contributed by atoms with Crippen LogP contribution in [0, 0.1) is 17.0 Å². The first-order valence-corrected chi connectivity index (χ1v) is 8.89. The number of nitro benzene ring substituents is 1. The SMILES string of the molecule is CCN(Cc1nc(-c2ccc(C)cc2)no1)C(=O)c1ccc(Cl)c([N+](=O)[O-])c1. The molecule has 0 aliphatic rings. The average molecular weight is 401 g/mol. The minimum atomic E-state index is -0.624. The largest absolute Gasteiger partial charge is 0.337 e. The molecule has 9 heteroatoms. The smallest absolute Gasteiger partial charge is 0.288 e. The zero-order chi connectivity index (χ0) is 20.3. The van der Waals surface area contributed by atoms with E-state index in [2.05, 4.69) is 10.1 Å². The maximum Gasteiger partial charge on any atom is 0.288 e. The van der Waals surface area contributed by atoms with Gasteiger partial charge in [-0.1, -0.05) is 46.6 Å². The van der Waals surface area contributed by atoms with E-state index in [1.54, 1.807) is 6.92 Å². The summed E-state index contributed by atoms with van der Waals surface area (Å²) in [4.78, 5) is 29.0. The summed E-state index contributed by atoms with van der Waals surface area (Å²) in [5.41, 5.74) is 1.77. The van der Waals surface area contributed by atoms with E-state index in [1.807, 2.05) is 31.2 Å². The number of amides is 1. The van der Waals surface area contributed by atoms with E-state index in [-0.39, 0.29) is 28.7 Å². The van der Waals surface area contributed by atoms with Crippen LogP contribution in [0.4, 0.5) is 5.69 Å². The molecular weight excluding hydrogens is 384 g/mol. The Kier molecular flexibility index (Phi) is 5.70. The van der Waals surface area contributed by atoms with Crippen LogP contribution in [0.2, 0.25) is 5.02 Å². The monoisotopic (exact) mass is 400 g/mol. The van der Waals surface area contributed by atoms with Crippen molar-refractivity contribution in [2.24, 2.45) is 0 Å². The van der Waals surface area contributed by atoms with Gasteiger partial charge in [-0.2, -0.15) is 4.98 Å². The standard InChI is InChI=1S/C19H17ClN4O4/c1-3-23(19(25)14-8-9-15(20)16(10-14)24(26)27)11-17-21-18(22-28-17)13-6-4-12(2)5-7-13/h4-10H,3,11H2,1-2H3. The fraction of sp³-hybridized carbons (Fsp3) is 0.211. The van der Waals surface area contributed by atoms with Crippen LogP contribution in [-0.2, 0) is 6.54 Å². The predicted octanol–water partition coefficient (Wildman–Crippen LogP) is 4.27. The quantitative estimate of drug-likeness (QED) is 0.452. The molecule has 1 heterocycles. The van der Waals surface area contributed by atoms with Crippen LogP contribution >= 0.6 is 11.6 Å². The first kappa shape index (κ1) is 19.5. The van der Waals surface area contributed by atoms with Crippen LogP contribution in [0.1, 0.15) is 28.7 Å². The van der Waals surface area contributed by atoms with Gasteiger partial charge in [-0.3, -0.25) is 14.9 Å². The summed E-state index contributed by atoms with van der Waals surface area (Å²) in [6.07, 6.45) is 0. The summed E-state index contributed by atoms with van der Waals surface area (Å²) in [6.45, 7) is 4.22. The molecule has 0 saturated carbocycles. The van der Waals surface area contributed by atoms with Gasteiger partial charge in [0.1, 0.15) is 11.6 Å². The van der Waals surface area contributed by atoms with E-state index in [1.165, 1.54) is 23.1 Å². The van der Waals surface area contributed by atoms with Gasteiger partial charge in [-0.05, 0) is 26.0 Å². The second-order valence-corrected chi connectivity index (χ2v) is 6.53. The second-order valence-electron chi connectivity index (χ2n) is 6.12.